The van der Waals surface area contributed by atoms with E-state index in [0.29, 0.717) is 25.9 Å². The lowest BCUT2D eigenvalue weighted by Gasteiger charge is -2.41. The molecule has 22 heavy (non-hydrogen) atoms. The number of nitrogens with zero attached hydrogens (tertiary/aromatic N) is 3. The van der Waals surface area contributed by atoms with Crippen LogP contribution >= 0.6 is 0 Å². The van der Waals surface area contributed by atoms with Crippen LogP contribution in [0.2, 0.25) is 0 Å². The number of H-pyrrole nitrogens is 1. The van der Waals surface area contributed by atoms with Crippen molar-refractivity contribution in [3.63, 3.8) is 0 Å². The molecule has 7 nitrogen and oxygen atoms in total. The number of carbonyl (C=O) groups excluding carboxylic acids is 2. The molecule has 1 aromatic heterocycles. The number of likely N-dealkylation sites (N-methyl/N-ethyl adjacent to an activating group) is 1. The van der Waals surface area contributed by atoms with Crippen LogP contribution in [0, 0.1) is 5.41 Å². The monoisotopic (exact) mass is 305 g/mol. The van der Waals surface area contributed by atoms with Crippen molar-refractivity contribution in [2.45, 2.75) is 25.8 Å². The third-order valence-electron chi connectivity index (χ3n) is 4.84. The highest BCUT2D eigenvalue weighted by Crippen LogP contribution is 2.48. The summed E-state index contributed by atoms with van der Waals surface area (Å²) in [7, 11) is 1.59. The van der Waals surface area contributed by atoms with Crippen LogP contribution < -0.4 is 5.32 Å². The Morgan fingerprint density at radius 1 is 1.45 bits per heavy atom. The average Bonchev–Trinajstić information content (AvgIpc) is 3.19. The molecule has 2 fully saturated rings. The van der Waals surface area contributed by atoms with Crippen LogP contribution in [0.3, 0.4) is 0 Å². The van der Waals surface area contributed by atoms with E-state index in [2.05, 4.69) is 27.1 Å². The van der Waals surface area contributed by atoms with E-state index in [9.17, 15) is 9.59 Å². The second kappa shape index (κ2) is 5.72. The molecule has 0 spiro atoms. The maximum absolute atomic E-state index is 12.8. The number of aromatic amines is 1. The Kier molecular flexibility index (Phi) is 3.90. The Balaban J connectivity index is 1.76. The van der Waals surface area contributed by atoms with Gasteiger partial charge in [0.05, 0.1) is 6.04 Å². The summed E-state index contributed by atoms with van der Waals surface area (Å²) in [6.45, 7) is 5.08. The molecule has 1 saturated heterocycles. The van der Waals surface area contributed by atoms with E-state index >= 15 is 0 Å². The zero-order chi connectivity index (χ0) is 15.7. The first-order chi connectivity index (χ1) is 10.6. The minimum absolute atomic E-state index is 0.0286. The molecule has 120 valence electrons. The molecule has 7 heteroatoms. The first-order valence-electron chi connectivity index (χ1n) is 7.87. The van der Waals surface area contributed by atoms with Crippen LogP contribution in [0.1, 0.15) is 31.6 Å². The first-order valence-corrected chi connectivity index (χ1v) is 7.87. The van der Waals surface area contributed by atoms with Gasteiger partial charge in [0, 0.05) is 39.1 Å². The summed E-state index contributed by atoms with van der Waals surface area (Å²) in [5.41, 5.74) is -0.809. The average molecular weight is 305 g/mol. The number of aromatic nitrogens is 2. The number of nitrogens with one attached hydrogen (secondary N) is 2. The number of imidazole rings is 1. The molecule has 2 N–H and O–H groups in total. The maximum Gasteiger partial charge on any atom is 0.238 e. The summed E-state index contributed by atoms with van der Waals surface area (Å²) in [5.74, 6) is 0.702. The minimum atomic E-state index is -0.809. The quantitative estimate of drug-likeness (QED) is 0.776. The van der Waals surface area contributed by atoms with Gasteiger partial charge >= 0.3 is 0 Å². The highest BCUT2D eigenvalue weighted by Gasteiger charge is 2.58. The number of piperazine rings is 1. The summed E-state index contributed by atoms with van der Waals surface area (Å²) in [5, 5.41) is 2.63. The van der Waals surface area contributed by atoms with E-state index in [1.54, 1.807) is 19.4 Å². The molecule has 0 radical (unpaired) electrons. The smallest absolute Gasteiger partial charge is 0.238 e. The van der Waals surface area contributed by atoms with Crippen molar-refractivity contribution in [2.24, 2.45) is 5.41 Å². The molecule has 0 aromatic carbocycles. The van der Waals surface area contributed by atoms with Gasteiger partial charge in [-0.1, -0.05) is 6.92 Å². The molecule has 2 amide bonds. The molecule has 2 heterocycles. The summed E-state index contributed by atoms with van der Waals surface area (Å²) in [6.07, 6.45) is 4.85. The summed E-state index contributed by atoms with van der Waals surface area (Å²) in [4.78, 5) is 36.5. The van der Waals surface area contributed by atoms with Gasteiger partial charge in [-0.05, 0) is 19.4 Å². The fourth-order valence-electron chi connectivity index (χ4n) is 3.31. The highest BCUT2D eigenvalue weighted by molar-refractivity contribution is 6.07. The molecular weight excluding hydrogens is 282 g/mol. The minimum Gasteiger partial charge on any atom is -0.358 e. The standard InChI is InChI=1S/C15H23N5O2/c1-3-19-8-9-20(10-11(19)12-17-6-7-18-12)14(22)15(4-5-15)13(21)16-2/h6-7,11H,3-5,8-10H2,1-2H3,(H,16,21)(H,17,18). The lowest BCUT2D eigenvalue weighted by Crippen LogP contribution is -2.54. The van der Waals surface area contributed by atoms with Crippen LogP contribution in [0.15, 0.2) is 12.4 Å². The fraction of sp³-hybridized carbons (Fsp3) is 0.667. The molecule has 1 aromatic rings. The Morgan fingerprint density at radius 2 is 2.23 bits per heavy atom. The third-order valence-corrected chi connectivity index (χ3v) is 4.84. The van der Waals surface area contributed by atoms with Crippen LogP contribution in [-0.2, 0) is 9.59 Å². The van der Waals surface area contributed by atoms with Gasteiger partial charge in [0.1, 0.15) is 11.2 Å². The number of amides is 2. The Labute approximate surface area is 130 Å². The van der Waals surface area contributed by atoms with Gasteiger partial charge in [0.25, 0.3) is 0 Å². The molecule has 2 aliphatic rings. The maximum atomic E-state index is 12.8. The summed E-state index contributed by atoms with van der Waals surface area (Å²) < 4.78 is 0. The van der Waals surface area contributed by atoms with Crippen molar-refractivity contribution in [3.8, 4) is 0 Å². The van der Waals surface area contributed by atoms with E-state index in [-0.39, 0.29) is 17.9 Å². The Morgan fingerprint density at radius 3 is 2.77 bits per heavy atom. The van der Waals surface area contributed by atoms with E-state index < -0.39 is 5.41 Å². The summed E-state index contributed by atoms with van der Waals surface area (Å²) in [6, 6.07) is 0.0678. The number of hydrogen-bond acceptors (Lipinski definition) is 4. The SMILES string of the molecule is CCN1CCN(C(=O)C2(C(=O)NC)CC2)CC1c1ncc[nH]1. The van der Waals surface area contributed by atoms with Crippen molar-refractivity contribution < 1.29 is 9.59 Å². The van der Waals surface area contributed by atoms with Gasteiger partial charge in [-0.3, -0.25) is 14.5 Å². The molecule has 1 aliphatic carbocycles. The topological polar surface area (TPSA) is 81.3 Å². The number of carbonyl (C=O) groups is 2. The van der Waals surface area contributed by atoms with Crippen molar-refractivity contribution >= 4 is 11.8 Å². The fourth-order valence-corrected chi connectivity index (χ4v) is 3.31. The van der Waals surface area contributed by atoms with E-state index in [4.69, 9.17) is 0 Å². The molecule has 1 aliphatic heterocycles. The first kappa shape index (κ1) is 15.0. The Hall–Kier alpha value is -1.89. The van der Waals surface area contributed by atoms with Crippen molar-refractivity contribution in [2.75, 3.05) is 33.2 Å². The third kappa shape index (κ3) is 2.39. The summed E-state index contributed by atoms with van der Waals surface area (Å²) >= 11 is 0. The molecular formula is C15H23N5O2. The lowest BCUT2D eigenvalue weighted by molar-refractivity contribution is -0.146. The van der Waals surface area contributed by atoms with E-state index in [1.807, 2.05) is 4.90 Å². The molecule has 3 rings (SSSR count). The molecule has 1 saturated carbocycles. The zero-order valence-electron chi connectivity index (χ0n) is 13.1. The molecule has 1 unspecified atom stereocenters. The Bertz CT molecular complexity index is 552. The van der Waals surface area contributed by atoms with Crippen molar-refractivity contribution in [1.29, 1.82) is 0 Å². The van der Waals surface area contributed by atoms with Crippen LogP contribution in [0.5, 0.6) is 0 Å². The van der Waals surface area contributed by atoms with Gasteiger partial charge in [-0.2, -0.15) is 0 Å². The molecule has 1 atom stereocenters. The van der Waals surface area contributed by atoms with Crippen molar-refractivity contribution in [3.05, 3.63) is 18.2 Å². The predicted molar refractivity (Wildman–Crippen MR) is 80.9 cm³/mol. The van der Waals surface area contributed by atoms with Gasteiger partial charge in [0.2, 0.25) is 11.8 Å². The number of hydrogen-bond donors (Lipinski definition) is 2. The van der Waals surface area contributed by atoms with Crippen LogP contribution in [-0.4, -0.2) is 64.8 Å². The predicted octanol–water partition coefficient (Wildman–Crippen LogP) is 0.141. The lowest BCUT2D eigenvalue weighted by atomic mass is 10.0. The van der Waals surface area contributed by atoms with E-state index in [1.165, 1.54) is 0 Å². The van der Waals surface area contributed by atoms with Crippen molar-refractivity contribution in [1.82, 2.24) is 25.1 Å². The van der Waals surface area contributed by atoms with Crippen LogP contribution in [0.4, 0.5) is 0 Å². The van der Waals surface area contributed by atoms with Crippen LogP contribution in [0.25, 0.3) is 0 Å². The van der Waals surface area contributed by atoms with Gasteiger partial charge < -0.3 is 15.2 Å². The highest BCUT2D eigenvalue weighted by atomic mass is 16.2. The second-order valence-electron chi connectivity index (χ2n) is 6.03. The van der Waals surface area contributed by atoms with E-state index in [0.717, 1.165) is 18.9 Å². The zero-order valence-corrected chi connectivity index (χ0v) is 13.1. The number of rotatable bonds is 4. The van der Waals surface area contributed by atoms with Gasteiger partial charge in [-0.25, -0.2) is 4.98 Å². The normalized spacial score (nSPS) is 24.1. The van der Waals surface area contributed by atoms with Gasteiger partial charge in [-0.15, -0.1) is 0 Å². The second-order valence-corrected chi connectivity index (χ2v) is 6.03. The largest absolute Gasteiger partial charge is 0.358 e. The van der Waals surface area contributed by atoms with Gasteiger partial charge in [0.15, 0.2) is 0 Å². The molecule has 0 bridgehead atoms.